The Kier molecular flexibility index (Phi) is 4.08. The molecule has 0 saturated carbocycles. The van der Waals surface area contributed by atoms with Gasteiger partial charge in [0.2, 0.25) is 5.95 Å². The quantitative estimate of drug-likeness (QED) is 0.576. The summed E-state index contributed by atoms with van der Waals surface area (Å²) in [4.78, 5) is 11.5. The van der Waals surface area contributed by atoms with Gasteiger partial charge >= 0.3 is 6.03 Å². The number of hydrogen-bond donors (Lipinski definition) is 2. The van der Waals surface area contributed by atoms with Gasteiger partial charge in [0.1, 0.15) is 0 Å². The molecule has 2 amide bonds. The van der Waals surface area contributed by atoms with Crippen LogP contribution >= 0.6 is 0 Å². The van der Waals surface area contributed by atoms with Crippen molar-refractivity contribution < 1.29 is 4.79 Å². The molecule has 0 unspecified atom stereocenters. The monoisotopic (exact) mass is 357 g/mol. The number of rotatable bonds is 3. The Bertz CT molecular complexity index is 1160. The van der Waals surface area contributed by atoms with E-state index < -0.39 is 6.03 Å². The molecule has 1 aromatic heterocycles. The number of hydrogen-bond acceptors (Lipinski definition) is 3. The second-order valence-corrected chi connectivity index (χ2v) is 6.49. The fourth-order valence-electron chi connectivity index (χ4n) is 3.26. The molecule has 3 aromatic carbocycles. The second-order valence-electron chi connectivity index (χ2n) is 6.49. The molecule has 0 radical (unpaired) electrons. The van der Waals surface area contributed by atoms with Gasteiger partial charge in [-0.05, 0) is 36.9 Å². The third-order valence-corrected chi connectivity index (χ3v) is 4.54. The van der Waals surface area contributed by atoms with Crippen LogP contribution in [0, 0.1) is 13.8 Å². The molecule has 3 N–H and O–H groups in total. The number of fused-ring (bicyclic) bond motifs is 1. The number of anilines is 1. The number of nitrogens with one attached hydrogen (secondary N) is 1. The van der Waals surface area contributed by atoms with Gasteiger partial charge in [0, 0.05) is 10.9 Å². The fraction of sp³-hybridized carbons (Fsp3) is 0.0952. The third kappa shape index (κ3) is 3.01. The number of carbonyl (C=O) groups excluding carboxylic acids is 1. The normalized spacial score (nSPS) is 10.9. The fourth-order valence-corrected chi connectivity index (χ4v) is 3.26. The molecule has 4 aromatic rings. The predicted octanol–water partition coefficient (Wildman–Crippen LogP) is 4.19. The summed E-state index contributed by atoms with van der Waals surface area (Å²) in [5.74, 6) is 0.936. The van der Waals surface area contributed by atoms with E-state index in [0.29, 0.717) is 5.82 Å². The Morgan fingerprint density at radius 1 is 1.00 bits per heavy atom. The van der Waals surface area contributed by atoms with Crippen molar-refractivity contribution in [1.82, 2.24) is 14.8 Å². The van der Waals surface area contributed by atoms with Crippen molar-refractivity contribution in [2.24, 2.45) is 5.73 Å². The van der Waals surface area contributed by atoms with Crippen molar-refractivity contribution in [2.75, 3.05) is 5.32 Å². The summed E-state index contributed by atoms with van der Waals surface area (Å²) >= 11 is 0. The molecule has 4 rings (SSSR count). The molecule has 0 atom stereocenters. The van der Waals surface area contributed by atoms with Crippen LogP contribution < -0.4 is 11.1 Å². The van der Waals surface area contributed by atoms with Crippen LogP contribution in [0.25, 0.3) is 27.8 Å². The lowest BCUT2D eigenvalue weighted by atomic mass is 10.0. The molecule has 27 heavy (non-hydrogen) atoms. The van der Waals surface area contributed by atoms with E-state index in [2.05, 4.69) is 27.6 Å². The molecule has 6 heteroatoms. The maximum atomic E-state index is 11.5. The lowest BCUT2D eigenvalue weighted by Gasteiger charge is -2.14. The first-order valence-electron chi connectivity index (χ1n) is 8.62. The maximum Gasteiger partial charge on any atom is 0.319 e. The highest BCUT2D eigenvalue weighted by molar-refractivity contribution is 5.93. The zero-order chi connectivity index (χ0) is 19.0. The van der Waals surface area contributed by atoms with E-state index in [9.17, 15) is 4.79 Å². The van der Waals surface area contributed by atoms with Gasteiger partial charge in [0.25, 0.3) is 0 Å². The zero-order valence-corrected chi connectivity index (χ0v) is 15.1. The lowest BCUT2D eigenvalue weighted by molar-refractivity contribution is 0.259. The van der Waals surface area contributed by atoms with E-state index in [0.717, 1.165) is 33.2 Å². The maximum absolute atomic E-state index is 11.5. The van der Waals surface area contributed by atoms with Crippen molar-refractivity contribution >= 4 is 22.8 Å². The summed E-state index contributed by atoms with van der Waals surface area (Å²) in [6.07, 6.45) is 0. The van der Waals surface area contributed by atoms with Crippen LogP contribution in [0.1, 0.15) is 11.1 Å². The van der Waals surface area contributed by atoms with Crippen LogP contribution in [-0.4, -0.2) is 20.8 Å². The van der Waals surface area contributed by atoms with Gasteiger partial charge in [-0.1, -0.05) is 54.1 Å². The molecule has 134 valence electrons. The topological polar surface area (TPSA) is 85.8 Å². The summed E-state index contributed by atoms with van der Waals surface area (Å²) in [7, 11) is 0. The number of benzene rings is 3. The van der Waals surface area contributed by atoms with Crippen LogP contribution in [0.4, 0.5) is 10.7 Å². The van der Waals surface area contributed by atoms with Gasteiger partial charge in [0.05, 0.1) is 5.69 Å². The number of aromatic nitrogens is 3. The molecule has 0 saturated heterocycles. The molecule has 0 bridgehead atoms. The molecule has 0 aliphatic carbocycles. The molecule has 0 aliphatic heterocycles. The van der Waals surface area contributed by atoms with Crippen LogP contribution in [-0.2, 0) is 0 Å². The molecule has 0 fully saturated rings. The van der Waals surface area contributed by atoms with Crippen molar-refractivity contribution in [3.05, 3.63) is 71.8 Å². The summed E-state index contributed by atoms with van der Waals surface area (Å²) in [5.41, 5.74) is 9.37. The highest BCUT2D eigenvalue weighted by atomic mass is 16.2. The van der Waals surface area contributed by atoms with Gasteiger partial charge in [0.15, 0.2) is 5.82 Å². The van der Waals surface area contributed by atoms with E-state index in [4.69, 9.17) is 5.73 Å². The summed E-state index contributed by atoms with van der Waals surface area (Å²) in [6, 6.07) is 19.5. The number of aryl methyl sites for hydroxylation is 2. The number of nitrogens with zero attached hydrogens (tertiary/aromatic N) is 3. The van der Waals surface area contributed by atoms with Crippen LogP contribution in [0.2, 0.25) is 0 Å². The number of amides is 2. The summed E-state index contributed by atoms with van der Waals surface area (Å²) in [6.45, 7) is 4.06. The molecule has 6 nitrogen and oxygen atoms in total. The first-order chi connectivity index (χ1) is 13.0. The van der Waals surface area contributed by atoms with Crippen molar-refractivity contribution in [3.63, 3.8) is 0 Å². The van der Waals surface area contributed by atoms with E-state index >= 15 is 0 Å². The molecule has 0 aliphatic rings. The van der Waals surface area contributed by atoms with Crippen molar-refractivity contribution in [2.45, 2.75) is 13.8 Å². The minimum atomic E-state index is -0.684. The van der Waals surface area contributed by atoms with Crippen LogP contribution in [0.15, 0.2) is 60.7 Å². The van der Waals surface area contributed by atoms with Crippen LogP contribution in [0.3, 0.4) is 0 Å². The predicted molar refractivity (Wildman–Crippen MR) is 107 cm³/mol. The van der Waals surface area contributed by atoms with Gasteiger partial charge in [-0.2, -0.15) is 0 Å². The minimum Gasteiger partial charge on any atom is -0.351 e. The number of urea groups is 1. The number of carbonyl (C=O) groups is 1. The van der Waals surface area contributed by atoms with Crippen LogP contribution in [0.5, 0.6) is 0 Å². The molecule has 1 heterocycles. The average Bonchev–Trinajstić information content (AvgIpc) is 3.05. The molecule has 0 spiro atoms. The summed E-state index contributed by atoms with van der Waals surface area (Å²) < 4.78 is 1.84. The van der Waals surface area contributed by atoms with Gasteiger partial charge in [-0.3, -0.25) is 9.88 Å². The zero-order valence-electron chi connectivity index (χ0n) is 15.1. The number of nitrogens with two attached hydrogens (primary N) is 1. The highest BCUT2D eigenvalue weighted by Crippen LogP contribution is 2.31. The van der Waals surface area contributed by atoms with E-state index in [-0.39, 0.29) is 5.95 Å². The van der Waals surface area contributed by atoms with Gasteiger partial charge < -0.3 is 5.73 Å². The van der Waals surface area contributed by atoms with Gasteiger partial charge in [-0.15, -0.1) is 10.2 Å². The van der Waals surface area contributed by atoms with E-state index in [1.54, 1.807) is 0 Å². The SMILES string of the molecule is Cc1ccc(C)c(-c2nnc(NC(N)=O)n2-c2cccc3ccccc23)c1. The Balaban J connectivity index is 2.04. The largest absolute Gasteiger partial charge is 0.351 e. The number of primary amides is 1. The Morgan fingerprint density at radius 2 is 1.78 bits per heavy atom. The van der Waals surface area contributed by atoms with Gasteiger partial charge in [-0.25, -0.2) is 4.79 Å². The Hall–Kier alpha value is -3.67. The standard InChI is InChI=1S/C21H19N5O/c1-13-10-11-14(2)17(12-13)19-24-25-21(23-20(22)27)26(19)18-9-5-7-15-6-3-4-8-16(15)18/h3-12H,1-2H3,(H3,22,23,25,27). The van der Waals surface area contributed by atoms with E-state index in [1.807, 2.05) is 66.9 Å². The van der Waals surface area contributed by atoms with Crippen molar-refractivity contribution in [1.29, 1.82) is 0 Å². The van der Waals surface area contributed by atoms with Crippen molar-refractivity contribution in [3.8, 4) is 17.1 Å². The smallest absolute Gasteiger partial charge is 0.319 e. The lowest BCUT2D eigenvalue weighted by Crippen LogP contribution is -2.22. The Morgan fingerprint density at radius 3 is 2.59 bits per heavy atom. The average molecular weight is 357 g/mol. The highest BCUT2D eigenvalue weighted by Gasteiger charge is 2.19. The summed E-state index contributed by atoms with van der Waals surface area (Å²) in [5, 5.41) is 13.3. The third-order valence-electron chi connectivity index (χ3n) is 4.54. The first-order valence-corrected chi connectivity index (χ1v) is 8.62. The first kappa shape index (κ1) is 16.8. The molecular weight excluding hydrogens is 338 g/mol. The second kappa shape index (κ2) is 6.57. The minimum absolute atomic E-state index is 0.287. The molecular formula is C21H19N5O. The Labute approximate surface area is 156 Å². The van der Waals surface area contributed by atoms with E-state index in [1.165, 1.54) is 0 Å².